The maximum atomic E-state index is 12.5. The van der Waals surface area contributed by atoms with Gasteiger partial charge in [0.2, 0.25) is 5.91 Å². The second kappa shape index (κ2) is 8.97. The van der Waals surface area contributed by atoms with E-state index in [0.29, 0.717) is 13.0 Å². The van der Waals surface area contributed by atoms with Gasteiger partial charge in [-0.2, -0.15) is 0 Å². The number of nitrogens with zero attached hydrogens (tertiary/aromatic N) is 2. The average Bonchev–Trinajstić information content (AvgIpc) is 2.71. The van der Waals surface area contributed by atoms with E-state index < -0.39 is 6.10 Å². The van der Waals surface area contributed by atoms with Crippen molar-refractivity contribution in [3.63, 3.8) is 0 Å². The van der Waals surface area contributed by atoms with E-state index in [0.717, 1.165) is 37.2 Å². The number of rotatable bonds is 6. The Kier molecular flexibility index (Phi) is 6.42. The number of amides is 1. The molecule has 0 aliphatic carbocycles. The SMILES string of the molecule is CCC(=O)N(c1ccccc1)C1CCN(C[C@H](O)c2ccccc2)CC1. The summed E-state index contributed by atoms with van der Waals surface area (Å²) >= 11 is 0. The van der Waals surface area contributed by atoms with Gasteiger partial charge in [-0.25, -0.2) is 0 Å². The highest BCUT2D eigenvalue weighted by Gasteiger charge is 2.29. The molecule has 1 saturated heterocycles. The quantitative estimate of drug-likeness (QED) is 0.863. The van der Waals surface area contributed by atoms with Crippen LogP contribution in [0.1, 0.15) is 37.9 Å². The van der Waals surface area contributed by atoms with Crippen molar-refractivity contribution in [2.45, 2.75) is 38.3 Å². The zero-order valence-corrected chi connectivity index (χ0v) is 15.4. The standard InChI is InChI=1S/C22H28N2O2/c1-2-22(26)24(19-11-7-4-8-12-19)20-13-15-23(16-14-20)17-21(25)18-9-5-3-6-10-18/h3-12,20-21,25H,2,13-17H2,1H3/t21-/m0/s1. The number of carbonyl (C=O) groups excluding carboxylic acids is 1. The summed E-state index contributed by atoms with van der Waals surface area (Å²) in [7, 11) is 0. The van der Waals surface area contributed by atoms with E-state index >= 15 is 0 Å². The number of hydrogen-bond donors (Lipinski definition) is 1. The molecule has 0 unspecified atom stereocenters. The first kappa shape index (κ1) is 18.6. The molecule has 0 bridgehead atoms. The van der Waals surface area contributed by atoms with Crippen molar-refractivity contribution in [2.75, 3.05) is 24.5 Å². The van der Waals surface area contributed by atoms with Gasteiger partial charge in [0.05, 0.1) is 6.10 Å². The molecule has 0 spiro atoms. The second-order valence-electron chi connectivity index (χ2n) is 6.91. The van der Waals surface area contributed by atoms with Gasteiger partial charge in [0.15, 0.2) is 0 Å². The molecule has 1 N–H and O–H groups in total. The number of para-hydroxylation sites is 1. The van der Waals surface area contributed by atoms with Gasteiger partial charge in [0.25, 0.3) is 0 Å². The number of benzene rings is 2. The van der Waals surface area contributed by atoms with E-state index in [1.807, 2.05) is 72.5 Å². The molecule has 0 radical (unpaired) electrons. The number of β-amino-alcohol motifs (C(OH)–C–C–N with tert-alkyl or cyclic N) is 1. The summed E-state index contributed by atoms with van der Waals surface area (Å²) in [4.78, 5) is 16.8. The highest BCUT2D eigenvalue weighted by Crippen LogP contribution is 2.25. The van der Waals surface area contributed by atoms with Gasteiger partial charge in [-0.05, 0) is 30.5 Å². The van der Waals surface area contributed by atoms with Crippen LogP contribution in [0.2, 0.25) is 0 Å². The van der Waals surface area contributed by atoms with Crippen LogP contribution in [0.5, 0.6) is 0 Å². The van der Waals surface area contributed by atoms with E-state index in [4.69, 9.17) is 0 Å². The molecule has 138 valence electrons. The van der Waals surface area contributed by atoms with Crippen molar-refractivity contribution in [1.29, 1.82) is 0 Å². The van der Waals surface area contributed by atoms with Gasteiger partial charge in [-0.15, -0.1) is 0 Å². The maximum Gasteiger partial charge on any atom is 0.226 e. The fourth-order valence-corrected chi connectivity index (χ4v) is 3.70. The molecule has 1 amide bonds. The van der Waals surface area contributed by atoms with Gasteiger partial charge in [-0.3, -0.25) is 4.79 Å². The third-order valence-corrected chi connectivity index (χ3v) is 5.14. The Hall–Kier alpha value is -2.17. The highest BCUT2D eigenvalue weighted by atomic mass is 16.3. The molecule has 3 rings (SSSR count). The molecule has 2 aromatic carbocycles. The van der Waals surface area contributed by atoms with E-state index in [9.17, 15) is 9.90 Å². The lowest BCUT2D eigenvalue weighted by Gasteiger charge is -2.39. The van der Waals surface area contributed by atoms with Crippen molar-refractivity contribution in [1.82, 2.24) is 4.90 Å². The number of aliphatic hydroxyl groups excluding tert-OH is 1. The molecule has 1 atom stereocenters. The fraction of sp³-hybridized carbons (Fsp3) is 0.409. The second-order valence-corrected chi connectivity index (χ2v) is 6.91. The molecule has 0 aromatic heterocycles. The molecule has 1 aliphatic heterocycles. The largest absolute Gasteiger partial charge is 0.387 e. The normalized spacial score (nSPS) is 17.0. The summed E-state index contributed by atoms with van der Waals surface area (Å²) in [6, 6.07) is 20.0. The summed E-state index contributed by atoms with van der Waals surface area (Å²) < 4.78 is 0. The van der Waals surface area contributed by atoms with Gasteiger partial charge in [0.1, 0.15) is 0 Å². The van der Waals surface area contributed by atoms with E-state index in [1.165, 1.54) is 0 Å². The third-order valence-electron chi connectivity index (χ3n) is 5.14. The van der Waals surface area contributed by atoms with Gasteiger partial charge in [0, 0.05) is 37.8 Å². The van der Waals surface area contributed by atoms with Crippen LogP contribution in [-0.2, 0) is 4.79 Å². The molecule has 1 aliphatic rings. The smallest absolute Gasteiger partial charge is 0.226 e. The summed E-state index contributed by atoms with van der Waals surface area (Å²) in [5.41, 5.74) is 1.95. The van der Waals surface area contributed by atoms with Crippen LogP contribution in [0.4, 0.5) is 5.69 Å². The predicted molar refractivity (Wildman–Crippen MR) is 105 cm³/mol. The van der Waals surface area contributed by atoms with Crippen LogP contribution in [0.25, 0.3) is 0 Å². The first-order chi connectivity index (χ1) is 12.7. The van der Waals surface area contributed by atoms with Gasteiger partial charge in [-0.1, -0.05) is 55.5 Å². The summed E-state index contributed by atoms with van der Waals surface area (Å²) in [6.45, 7) is 4.36. The fourth-order valence-electron chi connectivity index (χ4n) is 3.70. The van der Waals surface area contributed by atoms with Crippen molar-refractivity contribution in [2.24, 2.45) is 0 Å². The summed E-state index contributed by atoms with van der Waals surface area (Å²) in [5.74, 6) is 0.180. The minimum absolute atomic E-state index is 0.180. The van der Waals surface area contributed by atoms with Gasteiger partial charge >= 0.3 is 0 Å². The number of aliphatic hydroxyl groups is 1. The lowest BCUT2D eigenvalue weighted by molar-refractivity contribution is -0.119. The Balaban J connectivity index is 1.60. The predicted octanol–water partition coefficient (Wildman–Crippen LogP) is 3.63. The van der Waals surface area contributed by atoms with E-state index in [2.05, 4.69) is 4.90 Å². The van der Waals surface area contributed by atoms with Crippen LogP contribution in [0.15, 0.2) is 60.7 Å². The third kappa shape index (κ3) is 4.51. The summed E-state index contributed by atoms with van der Waals surface area (Å²) in [5, 5.41) is 10.4. The summed E-state index contributed by atoms with van der Waals surface area (Å²) in [6.07, 6.45) is 1.92. The van der Waals surface area contributed by atoms with Crippen LogP contribution < -0.4 is 4.90 Å². The van der Waals surface area contributed by atoms with Crippen LogP contribution in [0, 0.1) is 0 Å². The molecular weight excluding hydrogens is 324 g/mol. The highest BCUT2D eigenvalue weighted by molar-refractivity contribution is 5.93. The minimum atomic E-state index is -0.463. The monoisotopic (exact) mass is 352 g/mol. The number of likely N-dealkylation sites (tertiary alicyclic amines) is 1. The molecule has 4 nitrogen and oxygen atoms in total. The Labute approximate surface area is 156 Å². The number of anilines is 1. The van der Waals surface area contributed by atoms with Gasteiger partial charge < -0.3 is 14.9 Å². The Morgan fingerprint density at radius 2 is 1.65 bits per heavy atom. The Morgan fingerprint density at radius 3 is 2.23 bits per heavy atom. The van der Waals surface area contributed by atoms with E-state index in [-0.39, 0.29) is 11.9 Å². The molecule has 4 heteroatoms. The van der Waals surface area contributed by atoms with Crippen LogP contribution in [0.3, 0.4) is 0 Å². The number of piperidine rings is 1. The molecule has 26 heavy (non-hydrogen) atoms. The first-order valence-electron chi connectivity index (χ1n) is 9.51. The first-order valence-corrected chi connectivity index (χ1v) is 9.51. The van der Waals surface area contributed by atoms with Crippen LogP contribution in [-0.4, -0.2) is 41.6 Å². The molecule has 0 saturated carbocycles. The van der Waals surface area contributed by atoms with Crippen molar-refractivity contribution in [3.05, 3.63) is 66.2 Å². The molecule has 1 heterocycles. The average molecular weight is 352 g/mol. The van der Waals surface area contributed by atoms with Crippen molar-refractivity contribution >= 4 is 11.6 Å². The molecular formula is C22H28N2O2. The van der Waals surface area contributed by atoms with Crippen LogP contribution >= 0.6 is 0 Å². The Bertz CT molecular complexity index is 682. The molecule has 1 fully saturated rings. The number of carbonyl (C=O) groups is 1. The lowest BCUT2D eigenvalue weighted by atomic mass is 10.0. The zero-order valence-electron chi connectivity index (χ0n) is 15.4. The molecule has 2 aromatic rings. The lowest BCUT2D eigenvalue weighted by Crippen LogP contribution is -2.48. The zero-order chi connectivity index (χ0) is 18.4. The van der Waals surface area contributed by atoms with E-state index in [1.54, 1.807) is 0 Å². The number of hydrogen-bond acceptors (Lipinski definition) is 3. The van der Waals surface area contributed by atoms with Crippen molar-refractivity contribution < 1.29 is 9.90 Å². The van der Waals surface area contributed by atoms with Crippen molar-refractivity contribution in [3.8, 4) is 0 Å². The Morgan fingerprint density at radius 1 is 1.08 bits per heavy atom. The topological polar surface area (TPSA) is 43.8 Å². The minimum Gasteiger partial charge on any atom is -0.387 e. The maximum absolute atomic E-state index is 12.5.